The number of carbonyl (C=O) groups excluding carboxylic acids is 1. The molecule has 1 amide bonds. The summed E-state index contributed by atoms with van der Waals surface area (Å²) in [5.74, 6) is -0.719. The Morgan fingerprint density at radius 1 is 1.63 bits per heavy atom. The molecule has 0 aliphatic rings. The maximum Gasteiger partial charge on any atom is 0.435 e. The Bertz CT molecular complexity index is 465. The van der Waals surface area contributed by atoms with E-state index in [0.717, 1.165) is 6.07 Å². The average Bonchev–Trinajstić information content (AvgIpc) is 2.67. The lowest BCUT2D eigenvalue weighted by Crippen LogP contribution is -2.32. The molecule has 0 aliphatic carbocycles. The highest BCUT2D eigenvalue weighted by molar-refractivity contribution is 5.78. The fraction of sp³-hybridized carbons (Fsp3) is 0.500. The molecule has 1 aromatic heterocycles. The third-order valence-electron chi connectivity index (χ3n) is 2.59. The summed E-state index contributed by atoms with van der Waals surface area (Å²) in [6, 6.07) is 0.967. The highest BCUT2D eigenvalue weighted by Gasteiger charge is 2.34. The molecule has 1 N–H and O–H groups in total. The Morgan fingerprint density at radius 3 is 2.74 bits per heavy atom. The van der Waals surface area contributed by atoms with Gasteiger partial charge >= 0.3 is 6.18 Å². The first kappa shape index (κ1) is 15.3. The molecule has 4 nitrogen and oxygen atoms in total. The molecule has 0 radical (unpaired) electrons. The summed E-state index contributed by atoms with van der Waals surface area (Å²) in [5, 5.41) is 6.06. The van der Waals surface area contributed by atoms with Crippen molar-refractivity contribution < 1.29 is 18.0 Å². The summed E-state index contributed by atoms with van der Waals surface area (Å²) >= 11 is 0. The Kier molecular flexibility index (Phi) is 4.74. The van der Waals surface area contributed by atoms with Gasteiger partial charge in [-0.3, -0.25) is 9.48 Å². The number of amides is 1. The van der Waals surface area contributed by atoms with Gasteiger partial charge in [0, 0.05) is 12.2 Å². The number of rotatable bonds is 5. The van der Waals surface area contributed by atoms with Crippen molar-refractivity contribution in [3.05, 3.63) is 30.1 Å². The second-order valence-corrected chi connectivity index (χ2v) is 4.29. The molecule has 0 saturated heterocycles. The maximum absolute atomic E-state index is 12.5. The van der Waals surface area contributed by atoms with Gasteiger partial charge in [-0.2, -0.15) is 18.3 Å². The van der Waals surface area contributed by atoms with Gasteiger partial charge in [0.2, 0.25) is 5.91 Å². The van der Waals surface area contributed by atoms with Crippen LogP contribution in [0.3, 0.4) is 0 Å². The molecule has 0 bridgehead atoms. The first-order chi connectivity index (χ1) is 8.75. The minimum absolute atomic E-state index is 0.102. The average molecular weight is 275 g/mol. The van der Waals surface area contributed by atoms with E-state index in [1.807, 2.05) is 0 Å². The van der Waals surface area contributed by atoms with Crippen molar-refractivity contribution in [1.82, 2.24) is 15.1 Å². The molecular formula is C12H16F3N3O. The SMILES string of the molecule is C=CCNC(=O)[C@@H](C)Cn1nc(C(F)(F)F)cc1C. The lowest BCUT2D eigenvalue weighted by atomic mass is 10.1. The first-order valence-electron chi connectivity index (χ1n) is 5.76. The van der Waals surface area contributed by atoms with Crippen molar-refractivity contribution >= 4 is 5.91 Å². The van der Waals surface area contributed by atoms with Crippen molar-refractivity contribution in [3.63, 3.8) is 0 Å². The minimum Gasteiger partial charge on any atom is -0.352 e. The second kappa shape index (κ2) is 5.90. The summed E-state index contributed by atoms with van der Waals surface area (Å²) in [6.45, 7) is 7.05. The minimum atomic E-state index is -4.47. The lowest BCUT2D eigenvalue weighted by molar-refractivity contribution is -0.141. The standard InChI is InChI=1S/C12H16F3N3O/c1-4-5-16-11(19)8(2)7-18-9(3)6-10(17-18)12(13,14)15/h4,6,8H,1,5,7H2,2-3H3,(H,16,19)/t8-/m0/s1. The van der Waals surface area contributed by atoms with Crippen LogP contribution in [0.1, 0.15) is 18.3 Å². The molecule has 0 unspecified atom stereocenters. The number of aryl methyl sites for hydroxylation is 1. The Hall–Kier alpha value is -1.79. The van der Waals surface area contributed by atoms with E-state index in [1.54, 1.807) is 6.92 Å². The van der Waals surface area contributed by atoms with Crippen LogP contribution in [0.25, 0.3) is 0 Å². The van der Waals surface area contributed by atoms with E-state index in [4.69, 9.17) is 0 Å². The van der Waals surface area contributed by atoms with E-state index in [1.165, 1.54) is 17.7 Å². The van der Waals surface area contributed by atoms with Crippen LogP contribution in [0.5, 0.6) is 0 Å². The number of nitrogens with one attached hydrogen (secondary N) is 1. The normalized spacial score (nSPS) is 13.1. The Balaban J connectivity index is 2.74. The fourth-order valence-corrected chi connectivity index (χ4v) is 1.52. The fourth-order valence-electron chi connectivity index (χ4n) is 1.52. The molecule has 1 rings (SSSR count). The molecule has 0 saturated carbocycles. The smallest absolute Gasteiger partial charge is 0.352 e. The van der Waals surface area contributed by atoms with Crippen molar-refractivity contribution in [2.45, 2.75) is 26.6 Å². The molecule has 0 fully saturated rings. The van der Waals surface area contributed by atoms with Gasteiger partial charge in [0.15, 0.2) is 5.69 Å². The zero-order valence-electron chi connectivity index (χ0n) is 10.8. The lowest BCUT2D eigenvalue weighted by Gasteiger charge is -2.12. The number of hydrogen-bond acceptors (Lipinski definition) is 2. The largest absolute Gasteiger partial charge is 0.435 e. The molecule has 1 atom stereocenters. The molecular weight excluding hydrogens is 259 g/mol. The van der Waals surface area contributed by atoms with Crippen molar-refractivity contribution in [2.75, 3.05) is 6.54 Å². The highest BCUT2D eigenvalue weighted by Crippen LogP contribution is 2.28. The molecule has 1 heterocycles. The first-order valence-corrected chi connectivity index (χ1v) is 5.76. The van der Waals surface area contributed by atoms with Crippen LogP contribution in [0.2, 0.25) is 0 Å². The van der Waals surface area contributed by atoms with Crippen LogP contribution in [0, 0.1) is 12.8 Å². The van der Waals surface area contributed by atoms with Crippen LogP contribution < -0.4 is 5.32 Å². The van der Waals surface area contributed by atoms with Gasteiger partial charge < -0.3 is 5.32 Å². The van der Waals surface area contributed by atoms with E-state index in [-0.39, 0.29) is 12.5 Å². The topological polar surface area (TPSA) is 46.9 Å². The molecule has 0 aromatic carbocycles. The molecule has 0 spiro atoms. The van der Waals surface area contributed by atoms with E-state index < -0.39 is 17.8 Å². The van der Waals surface area contributed by atoms with Crippen LogP contribution in [-0.2, 0) is 17.5 Å². The molecule has 106 valence electrons. The van der Waals surface area contributed by atoms with Crippen LogP contribution in [-0.4, -0.2) is 22.2 Å². The zero-order chi connectivity index (χ0) is 14.6. The predicted octanol–water partition coefficient (Wildman–Crippen LogP) is 2.15. The number of carbonyl (C=O) groups is 1. The summed E-state index contributed by atoms with van der Waals surface area (Å²) in [7, 11) is 0. The Morgan fingerprint density at radius 2 is 2.26 bits per heavy atom. The monoisotopic (exact) mass is 275 g/mol. The number of nitrogens with zero attached hydrogens (tertiary/aromatic N) is 2. The summed E-state index contributed by atoms with van der Waals surface area (Å²) in [6.07, 6.45) is -2.93. The molecule has 19 heavy (non-hydrogen) atoms. The number of aromatic nitrogens is 2. The van der Waals surface area contributed by atoms with Gasteiger partial charge in [0.1, 0.15) is 0 Å². The predicted molar refractivity (Wildman–Crippen MR) is 64.3 cm³/mol. The van der Waals surface area contributed by atoms with Crippen LogP contribution >= 0.6 is 0 Å². The van der Waals surface area contributed by atoms with E-state index in [2.05, 4.69) is 17.0 Å². The summed E-state index contributed by atoms with van der Waals surface area (Å²) < 4.78 is 38.6. The summed E-state index contributed by atoms with van der Waals surface area (Å²) in [5.41, 5.74) is -0.570. The van der Waals surface area contributed by atoms with Crippen molar-refractivity contribution in [3.8, 4) is 0 Å². The van der Waals surface area contributed by atoms with Crippen LogP contribution in [0.4, 0.5) is 13.2 Å². The maximum atomic E-state index is 12.5. The Labute approximate surface area is 109 Å². The van der Waals surface area contributed by atoms with E-state index in [9.17, 15) is 18.0 Å². The van der Waals surface area contributed by atoms with Gasteiger partial charge in [0.05, 0.1) is 12.5 Å². The second-order valence-electron chi connectivity index (χ2n) is 4.29. The number of alkyl halides is 3. The van der Waals surface area contributed by atoms with E-state index >= 15 is 0 Å². The van der Waals surface area contributed by atoms with Crippen LogP contribution in [0.15, 0.2) is 18.7 Å². The van der Waals surface area contributed by atoms with Crippen molar-refractivity contribution in [1.29, 1.82) is 0 Å². The quantitative estimate of drug-likeness (QED) is 0.837. The summed E-state index contributed by atoms with van der Waals surface area (Å²) in [4.78, 5) is 11.6. The number of halogens is 3. The van der Waals surface area contributed by atoms with Gasteiger partial charge in [-0.15, -0.1) is 6.58 Å². The van der Waals surface area contributed by atoms with Gasteiger partial charge in [-0.25, -0.2) is 0 Å². The van der Waals surface area contributed by atoms with Gasteiger partial charge in [-0.1, -0.05) is 13.0 Å². The third kappa shape index (κ3) is 4.11. The van der Waals surface area contributed by atoms with Gasteiger partial charge in [-0.05, 0) is 13.0 Å². The van der Waals surface area contributed by atoms with Gasteiger partial charge in [0.25, 0.3) is 0 Å². The highest BCUT2D eigenvalue weighted by atomic mass is 19.4. The zero-order valence-corrected chi connectivity index (χ0v) is 10.8. The molecule has 1 aromatic rings. The molecule has 0 aliphatic heterocycles. The third-order valence-corrected chi connectivity index (χ3v) is 2.59. The molecule has 7 heteroatoms. The number of hydrogen-bond donors (Lipinski definition) is 1. The van der Waals surface area contributed by atoms with Crippen molar-refractivity contribution in [2.24, 2.45) is 5.92 Å². The van der Waals surface area contributed by atoms with E-state index in [0.29, 0.717) is 12.2 Å².